The fourth-order valence-corrected chi connectivity index (χ4v) is 1.18. The summed E-state index contributed by atoms with van der Waals surface area (Å²) in [6.07, 6.45) is 2.20. The number of nitrogen functional groups attached to an aromatic ring is 1. The molecule has 1 aliphatic heterocycles. The van der Waals surface area contributed by atoms with E-state index in [-0.39, 0.29) is 0 Å². The summed E-state index contributed by atoms with van der Waals surface area (Å²) in [7, 11) is 0. The summed E-state index contributed by atoms with van der Waals surface area (Å²) in [6.45, 7) is 0.986. The minimum absolute atomic E-state index is 0.604. The quantitative estimate of drug-likeness (QED) is 0.521. The number of hydrogen-bond acceptors (Lipinski definition) is 3. The van der Waals surface area contributed by atoms with Gasteiger partial charge in [0.15, 0.2) is 5.82 Å². The lowest BCUT2D eigenvalue weighted by Gasteiger charge is -1.87. The highest BCUT2D eigenvalue weighted by atomic mass is 15.4. The Morgan fingerprint density at radius 1 is 1.56 bits per heavy atom. The Kier molecular flexibility index (Phi) is 0.777. The average molecular weight is 124 g/mol. The Balaban J connectivity index is 2.56. The number of nitrogens with two attached hydrogens (primary N) is 1. The monoisotopic (exact) mass is 124 g/mol. The van der Waals surface area contributed by atoms with E-state index >= 15 is 0 Å². The molecule has 0 amide bonds. The van der Waals surface area contributed by atoms with Crippen LogP contribution in [0, 0.1) is 0 Å². The van der Waals surface area contributed by atoms with Gasteiger partial charge in [0.2, 0.25) is 0 Å². The molecule has 0 radical (unpaired) electrons. The molecule has 2 heterocycles. The van der Waals surface area contributed by atoms with Crippen molar-refractivity contribution in [2.45, 2.75) is 19.4 Å². The number of nitrogens with zero attached hydrogens (tertiary/aromatic N) is 3. The highest BCUT2D eigenvalue weighted by Crippen LogP contribution is 2.16. The van der Waals surface area contributed by atoms with Crippen molar-refractivity contribution in [3.63, 3.8) is 0 Å². The Hall–Kier alpha value is -1.06. The first-order valence-corrected chi connectivity index (χ1v) is 3.06. The van der Waals surface area contributed by atoms with E-state index in [1.807, 2.05) is 4.68 Å². The van der Waals surface area contributed by atoms with Crippen LogP contribution in [0.5, 0.6) is 0 Å². The van der Waals surface area contributed by atoms with Crippen molar-refractivity contribution in [1.29, 1.82) is 0 Å². The molecule has 1 aromatic heterocycles. The third kappa shape index (κ3) is 0.526. The number of aryl methyl sites for hydroxylation is 1. The molecule has 0 aliphatic carbocycles. The molecule has 1 aliphatic rings. The van der Waals surface area contributed by atoms with Gasteiger partial charge in [-0.25, -0.2) is 4.68 Å². The summed E-state index contributed by atoms with van der Waals surface area (Å²) < 4.78 is 1.87. The molecular formula is C5H8N4. The number of aromatic nitrogens is 3. The lowest BCUT2D eigenvalue weighted by molar-refractivity contribution is 0.623. The van der Waals surface area contributed by atoms with Crippen molar-refractivity contribution in [3.8, 4) is 0 Å². The summed E-state index contributed by atoms with van der Waals surface area (Å²) in [6, 6.07) is 0. The number of hydrogen-bond donors (Lipinski definition) is 1. The van der Waals surface area contributed by atoms with Crippen molar-refractivity contribution < 1.29 is 0 Å². The molecule has 0 unspecified atom stereocenters. The topological polar surface area (TPSA) is 56.7 Å². The molecule has 0 bridgehead atoms. The van der Waals surface area contributed by atoms with Crippen LogP contribution in [0.15, 0.2) is 0 Å². The van der Waals surface area contributed by atoms with E-state index in [2.05, 4.69) is 10.3 Å². The molecule has 9 heavy (non-hydrogen) atoms. The average Bonchev–Trinajstić information content (AvgIpc) is 2.35. The maximum absolute atomic E-state index is 5.50. The normalized spacial score (nSPS) is 16.0. The van der Waals surface area contributed by atoms with Gasteiger partial charge in [0, 0.05) is 6.54 Å². The second-order valence-corrected chi connectivity index (χ2v) is 2.25. The lowest BCUT2D eigenvalue weighted by atomic mass is 10.3. The lowest BCUT2D eigenvalue weighted by Crippen LogP contribution is -1.94. The van der Waals surface area contributed by atoms with Gasteiger partial charge in [0.1, 0.15) is 0 Å². The summed E-state index contributed by atoms with van der Waals surface area (Å²) in [5, 5.41) is 7.57. The zero-order valence-corrected chi connectivity index (χ0v) is 5.04. The van der Waals surface area contributed by atoms with Gasteiger partial charge in [-0.1, -0.05) is 5.21 Å². The molecule has 0 aromatic carbocycles. The molecule has 48 valence electrons. The summed E-state index contributed by atoms with van der Waals surface area (Å²) >= 11 is 0. The van der Waals surface area contributed by atoms with Crippen LogP contribution in [0.1, 0.15) is 12.1 Å². The van der Waals surface area contributed by atoms with E-state index in [0.29, 0.717) is 5.82 Å². The van der Waals surface area contributed by atoms with Gasteiger partial charge in [-0.2, -0.15) is 0 Å². The van der Waals surface area contributed by atoms with Gasteiger partial charge < -0.3 is 5.73 Å². The fraction of sp³-hybridized carbons (Fsp3) is 0.600. The van der Waals surface area contributed by atoms with E-state index in [9.17, 15) is 0 Å². The maximum Gasteiger partial charge on any atom is 0.169 e. The Bertz CT molecular complexity index is 227. The predicted molar refractivity (Wildman–Crippen MR) is 32.8 cm³/mol. The largest absolute Gasteiger partial charge is 0.381 e. The first kappa shape index (κ1) is 4.78. The van der Waals surface area contributed by atoms with E-state index in [1.54, 1.807) is 0 Å². The van der Waals surface area contributed by atoms with Gasteiger partial charge >= 0.3 is 0 Å². The second kappa shape index (κ2) is 1.46. The highest BCUT2D eigenvalue weighted by molar-refractivity contribution is 5.33. The first-order chi connectivity index (χ1) is 4.38. The van der Waals surface area contributed by atoms with Crippen LogP contribution in [-0.2, 0) is 13.0 Å². The van der Waals surface area contributed by atoms with E-state index in [4.69, 9.17) is 5.73 Å². The van der Waals surface area contributed by atoms with Crippen molar-refractivity contribution >= 4 is 5.82 Å². The van der Waals surface area contributed by atoms with Crippen LogP contribution in [0.25, 0.3) is 0 Å². The van der Waals surface area contributed by atoms with Gasteiger partial charge in [0.25, 0.3) is 0 Å². The first-order valence-electron chi connectivity index (χ1n) is 3.06. The number of fused-ring (bicyclic) bond motifs is 1. The fourth-order valence-electron chi connectivity index (χ4n) is 1.18. The van der Waals surface area contributed by atoms with Gasteiger partial charge in [-0.3, -0.25) is 0 Å². The molecule has 1 aromatic rings. The highest BCUT2D eigenvalue weighted by Gasteiger charge is 2.14. The van der Waals surface area contributed by atoms with E-state index in [0.717, 1.165) is 25.1 Å². The van der Waals surface area contributed by atoms with Crippen molar-refractivity contribution in [2.24, 2.45) is 0 Å². The minimum atomic E-state index is 0.604. The number of anilines is 1. The molecule has 0 spiro atoms. The zero-order chi connectivity index (χ0) is 6.27. The Morgan fingerprint density at radius 3 is 3.22 bits per heavy atom. The van der Waals surface area contributed by atoms with Crippen LogP contribution in [-0.4, -0.2) is 15.0 Å². The van der Waals surface area contributed by atoms with Gasteiger partial charge in [0.05, 0.1) is 5.69 Å². The van der Waals surface area contributed by atoms with Gasteiger partial charge in [-0.05, 0) is 12.8 Å². The summed E-state index contributed by atoms with van der Waals surface area (Å²) in [4.78, 5) is 0. The summed E-state index contributed by atoms with van der Waals surface area (Å²) in [5.74, 6) is 0.604. The Morgan fingerprint density at radius 2 is 2.44 bits per heavy atom. The van der Waals surface area contributed by atoms with Crippen molar-refractivity contribution in [3.05, 3.63) is 5.69 Å². The van der Waals surface area contributed by atoms with Crippen molar-refractivity contribution in [1.82, 2.24) is 15.0 Å². The minimum Gasteiger partial charge on any atom is -0.381 e. The van der Waals surface area contributed by atoms with Crippen LogP contribution < -0.4 is 5.73 Å². The predicted octanol–water partition coefficient (Wildman–Crippen LogP) is -0.194. The van der Waals surface area contributed by atoms with Crippen molar-refractivity contribution in [2.75, 3.05) is 5.73 Å². The van der Waals surface area contributed by atoms with E-state index in [1.165, 1.54) is 0 Å². The third-order valence-electron chi connectivity index (χ3n) is 1.65. The molecule has 2 rings (SSSR count). The molecule has 0 atom stereocenters. The molecule has 4 heteroatoms. The molecule has 2 N–H and O–H groups in total. The van der Waals surface area contributed by atoms with Crippen LogP contribution in [0.3, 0.4) is 0 Å². The standard InChI is InChI=1S/C5H8N4/c6-5-4-2-1-3-9(4)8-7-5/h1-3,6H2. The Labute approximate surface area is 52.7 Å². The van der Waals surface area contributed by atoms with Crippen LogP contribution >= 0.6 is 0 Å². The third-order valence-corrected chi connectivity index (χ3v) is 1.65. The van der Waals surface area contributed by atoms with Crippen LogP contribution in [0.4, 0.5) is 5.82 Å². The van der Waals surface area contributed by atoms with Gasteiger partial charge in [-0.15, -0.1) is 5.10 Å². The summed E-state index contributed by atoms with van der Waals surface area (Å²) in [5.41, 5.74) is 6.60. The van der Waals surface area contributed by atoms with E-state index < -0.39 is 0 Å². The molecular weight excluding hydrogens is 116 g/mol. The second-order valence-electron chi connectivity index (χ2n) is 2.25. The van der Waals surface area contributed by atoms with Crippen LogP contribution in [0.2, 0.25) is 0 Å². The molecule has 0 fully saturated rings. The molecule has 0 saturated heterocycles. The molecule has 0 saturated carbocycles. The molecule has 4 nitrogen and oxygen atoms in total. The number of rotatable bonds is 0. The smallest absolute Gasteiger partial charge is 0.169 e. The SMILES string of the molecule is Nc1nnn2c1CCC2. The maximum atomic E-state index is 5.50. The zero-order valence-electron chi connectivity index (χ0n) is 5.04.